The summed E-state index contributed by atoms with van der Waals surface area (Å²) in [5.41, 5.74) is 2.05. The number of benzene rings is 2. The molecular formula is C20H23N3O2S. The van der Waals surface area contributed by atoms with Crippen molar-refractivity contribution in [1.29, 1.82) is 0 Å². The fourth-order valence-corrected chi connectivity index (χ4v) is 3.48. The van der Waals surface area contributed by atoms with Crippen LogP contribution in [-0.4, -0.2) is 35.3 Å². The number of aromatic nitrogens is 2. The van der Waals surface area contributed by atoms with E-state index in [1.54, 1.807) is 18.9 Å². The lowest BCUT2D eigenvalue weighted by Gasteiger charge is -2.05. The highest BCUT2D eigenvalue weighted by molar-refractivity contribution is 7.99. The highest BCUT2D eigenvalue weighted by Gasteiger charge is 2.04. The predicted octanol–water partition coefficient (Wildman–Crippen LogP) is 3.80. The second-order valence-electron chi connectivity index (χ2n) is 5.93. The Hall–Kier alpha value is -2.47. The number of nitrogens with one attached hydrogen (secondary N) is 2. The molecule has 2 aromatic carbocycles. The summed E-state index contributed by atoms with van der Waals surface area (Å²) >= 11 is 1.68. The summed E-state index contributed by atoms with van der Waals surface area (Å²) in [4.78, 5) is 20.9. The SMILES string of the molecule is COc1ccc(SCCC(=O)NCCCc2nc3ccccc3[nH]2)cc1. The zero-order chi connectivity index (χ0) is 18.2. The molecule has 6 heteroatoms. The third-order valence-corrected chi connectivity index (χ3v) is 5.02. The summed E-state index contributed by atoms with van der Waals surface area (Å²) < 4.78 is 5.14. The van der Waals surface area contributed by atoms with Crippen molar-refractivity contribution in [3.8, 4) is 5.75 Å². The number of ether oxygens (including phenoxy) is 1. The molecule has 0 fully saturated rings. The van der Waals surface area contributed by atoms with Crippen LogP contribution >= 0.6 is 11.8 Å². The number of para-hydroxylation sites is 2. The van der Waals surface area contributed by atoms with Crippen molar-refractivity contribution < 1.29 is 9.53 Å². The monoisotopic (exact) mass is 369 g/mol. The minimum atomic E-state index is 0.0932. The van der Waals surface area contributed by atoms with Crippen molar-refractivity contribution in [2.45, 2.75) is 24.2 Å². The summed E-state index contributed by atoms with van der Waals surface area (Å²) in [6.45, 7) is 0.670. The number of fused-ring (bicyclic) bond motifs is 1. The maximum Gasteiger partial charge on any atom is 0.220 e. The third kappa shape index (κ3) is 5.26. The average molecular weight is 369 g/mol. The molecule has 0 unspecified atom stereocenters. The van der Waals surface area contributed by atoms with Crippen LogP contribution in [0.3, 0.4) is 0 Å². The number of amides is 1. The van der Waals surface area contributed by atoms with Crippen molar-refractivity contribution in [2.24, 2.45) is 0 Å². The first-order valence-corrected chi connectivity index (χ1v) is 9.70. The van der Waals surface area contributed by atoms with E-state index in [1.807, 2.05) is 48.5 Å². The highest BCUT2D eigenvalue weighted by atomic mass is 32.2. The molecule has 26 heavy (non-hydrogen) atoms. The topological polar surface area (TPSA) is 67.0 Å². The molecule has 1 heterocycles. The second kappa shape index (κ2) is 9.29. The molecule has 2 N–H and O–H groups in total. The van der Waals surface area contributed by atoms with Crippen LogP contribution < -0.4 is 10.1 Å². The molecule has 136 valence electrons. The first-order valence-electron chi connectivity index (χ1n) is 8.72. The van der Waals surface area contributed by atoms with Gasteiger partial charge in [0.15, 0.2) is 0 Å². The van der Waals surface area contributed by atoms with Gasteiger partial charge in [-0.25, -0.2) is 4.98 Å². The Labute approximate surface area is 157 Å². The van der Waals surface area contributed by atoms with Crippen LogP contribution in [0.15, 0.2) is 53.4 Å². The number of carbonyl (C=O) groups excluding carboxylic acids is 1. The maximum atomic E-state index is 11.9. The molecular weight excluding hydrogens is 346 g/mol. The lowest BCUT2D eigenvalue weighted by molar-refractivity contribution is -0.120. The number of methoxy groups -OCH3 is 1. The van der Waals surface area contributed by atoms with E-state index in [0.717, 1.165) is 46.1 Å². The number of aryl methyl sites for hydroxylation is 1. The quantitative estimate of drug-likeness (QED) is 0.445. The van der Waals surface area contributed by atoms with Gasteiger partial charge in [-0.3, -0.25) is 4.79 Å². The standard InChI is InChI=1S/C20H23N3O2S/c1-25-15-8-10-16(11-9-15)26-14-12-20(24)21-13-4-7-19-22-17-5-2-3-6-18(17)23-19/h2-3,5-6,8-11H,4,7,12-14H2,1H3,(H,21,24)(H,22,23). The minimum Gasteiger partial charge on any atom is -0.497 e. The van der Waals surface area contributed by atoms with E-state index in [9.17, 15) is 4.79 Å². The van der Waals surface area contributed by atoms with Gasteiger partial charge in [0, 0.05) is 30.0 Å². The fourth-order valence-electron chi connectivity index (χ4n) is 2.63. The molecule has 0 saturated carbocycles. The molecule has 0 bridgehead atoms. The Morgan fingerprint density at radius 2 is 2.00 bits per heavy atom. The molecule has 0 saturated heterocycles. The maximum absolute atomic E-state index is 11.9. The van der Waals surface area contributed by atoms with E-state index in [-0.39, 0.29) is 5.91 Å². The molecule has 5 nitrogen and oxygen atoms in total. The Kier molecular flexibility index (Phi) is 6.55. The van der Waals surface area contributed by atoms with Gasteiger partial charge in [-0.2, -0.15) is 0 Å². The highest BCUT2D eigenvalue weighted by Crippen LogP contribution is 2.21. The van der Waals surface area contributed by atoms with E-state index in [2.05, 4.69) is 15.3 Å². The van der Waals surface area contributed by atoms with Crippen LogP contribution in [0.5, 0.6) is 5.75 Å². The van der Waals surface area contributed by atoms with E-state index in [1.165, 1.54) is 0 Å². The van der Waals surface area contributed by atoms with Crippen molar-refractivity contribution in [3.63, 3.8) is 0 Å². The van der Waals surface area contributed by atoms with Crippen LogP contribution in [0, 0.1) is 0 Å². The van der Waals surface area contributed by atoms with Gasteiger partial charge < -0.3 is 15.0 Å². The van der Waals surface area contributed by atoms with E-state index >= 15 is 0 Å². The number of rotatable bonds is 9. The number of imidazole rings is 1. The Morgan fingerprint density at radius 1 is 1.19 bits per heavy atom. The molecule has 0 aliphatic rings. The molecule has 0 radical (unpaired) electrons. The van der Waals surface area contributed by atoms with Gasteiger partial charge in [0.25, 0.3) is 0 Å². The summed E-state index contributed by atoms with van der Waals surface area (Å²) in [6, 6.07) is 15.9. The zero-order valence-electron chi connectivity index (χ0n) is 14.8. The molecule has 0 aliphatic heterocycles. The van der Waals surface area contributed by atoms with Crippen LogP contribution in [0.2, 0.25) is 0 Å². The number of H-pyrrole nitrogens is 1. The van der Waals surface area contributed by atoms with E-state index in [0.29, 0.717) is 13.0 Å². The lowest BCUT2D eigenvalue weighted by atomic mass is 10.3. The molecule has 3 rings (SSSR count). The second-order valence-corrected chi connectivity index (χ2v) is 7.10. The normalized spacial score (nSPS) is 10.8. The van der Waals surface area contributed by atoms with Crippen molar-refractivity contribution in [1.82, 2.24) is 15.3 Å². The lowest BCUT2D eigenvalue weighted by Crippen LogP contribution is -2.25. The number of hydrogen-bond acceptors (Lipinski definition) is 4. The Balaban J connectivity index is 1.31. The molecule has 3 aromatic rings. The Bertz CT molecular complexity index is 813. The molecule has 1 aromatic heterocycles. The smallest absolute Gasteiger partial charge is 0.220 e. The first kappa shape index (κ1) is 18.3. The average Bonchev–Trinajstić information content (AvgIpc) is 3.09. The van der Waals surface area contributed by atoms with Gasteiger partial charge in [-0.05, 0) is 42.8 Å². The van der Waals surface area contributed by atoms with Crippen molar-refractivity contribution in [3.05, 3.63) is 54.4 Å². The molecule has 1 amide bonds. The van der Waals surface area contributed by atoms with Gasteiger partial charge in [0.2, 0.25) is 5.91 Å². The number of nitrogens with zero attached hydrogens (tertiary/aromatic N) is 1. The molecule has 0 aliphatic carbocycles. The van der Waals surface area contributed by atoms with Crippen molar-refractivity contribution in [2.75, 3.05) is 19.4 Å². The van der Waals surface area contributed by atoms with Crippen LogP contribution in [0.1, 0.15) is 18.7 Å². The van der Waals surface area contributed by atoms with Crippen LogP contribution in [-0.2, 0) is 11.2 Å². The fraction of sp³-hybridized carbons (Fsp3) is 0.300. The molecule has 0 atom stereocenters. The van der Waals surface area contributed by atoms with Gasteiger partial charge in [0.05, 0.1) is 18.1 Å². The van der Waals surface area contributed by atoms with Crippen LogP contribution in [0.25, 0.3) is 11.0 Å². The summed E-state index contributed by atoms with van der Waals surface area (Å²) in [7, 11) is 1.65. The van der Waals surface area contributed by atoms with Gasteiger partial charge in [-0.15, -0.1) is 11.8 Å². The number of hydrogen-bond donors (Lipinski definition) is 2. The summed E-state index contributed by atoms with van der Waals surface area (Å²) in [5.74, 6) is 2.67. The zero-order valence-corrected chi connectivity index (χ0v) is 15.6. The van der Waals surface area contributed by atoms with E-state index < -0.39 is 0 Å². The van der Waals surface area contributed by atoms with Gasteiger partial charge in [-0.1, -0.05) is 12.1 Å². The first-order chi connectivity index (χ1) is 12.7. The summed E-state index contributed by atoms with van der Waals surface area (Å²) in [6.07, 6.45) is 2.22. The van der Waals surface area contributed by atoms with E-state index in [4.69, 9.17) is 4.74 Å². The number of thioether (sulfide) groups is 1. The van der Waals surface area contributed by atoms with Gasteiger partial charge in [0.1, 0.15) is 11.6 Å². The largest absolute Gasteiger partial charge is 0.497 e. The number of carbonyl (C=O) groups is 1. The molecule has 0 spiro atoms. The van der Waals surface area contributed by atoms with Crippen LogP contribution in [0.4, 0.5) is 0 Å². The minimum absolute atomic E-state index is 0.0932. The van der Waals surface area contributed by atoms with Crippen molar-refractivity contribution >= 4 is 28.7 Å². The summed E-state index contributed by atoms with van der Waals surface area (Å²) in [5, 5.41) is 2.98. The number of aromatic amines is 1. The predicted molar refractivity (Wildman–Crippen MR) is 106 cm³/mol. The third-order valence-electron chi connectivity index (χ3n) is 4.01. The Morgan fingerprint density at radius 3 is 2.77 bits per heavy atom. The van der Waals surface area contributed by atoms with Gasteiger partial charge >= 0.3 is 0 Å².